The van der Waals surface area contributed by atoms with Gasteiger partial charge in [-0.25, -0.2) is 4.79 Å². The number of carboxylic acid groups (broad SMARTS) is 2. The van der Waals surface area contributed by atoms with Crippen LogP contribution < -0.4 is 0 Å². The molecular formula is C52H79F3O10. The number of hydrogen-bond donors (Lipinski definition) is 4. The van der Waals surface area contributed by atoms with E-state index in [1.807, 2.05) is 55.4 Å². The lowest BCUT2D eigenvalue weighted by Gasteiger charge is -2.39. The van der Waals surface area contributed by atoms with Crippen LogP contribution in [0.25, 0.3) is 0 Å². The number of carbonyl (C=O) groups is 3. The summed E-state index contributed by atoms with van der Waals surface area (Å²) in [6.07, 6.45) is 21.4. The van der Waals surface area contributed by atoms with Crippen LogP contribution in [0.2, 0.25) is 0 Å². The molecule has 0 amide bonds. The molecule has 8 bridgehead atoms. The lowest BCUT2D eigenvalue weighted by atomic mass is 9.80. The van der Waals surface area contributed by atoms with Crippen molar-refractivity contribution in [3.8, 4) is 0 Å². The van der Waals surface area contributed by atoms with E-state index in [9.17, 15) is 37.8 Å². The molecule has 368 valence electrons. The lowest BCUT2D eigenvalue weighted by Crippen LogP contribution is -2.47. The molecule has 65 heavy (non-hydrogen) atoms. The molecule has 0 aliphatic heterocycles. The Kier molecular flexibility index (Phi) is 16.5. The van der Waals surface area contributed by atoms with Gasteiger partial charge in [0.2, 0.25) is 0 Å². The van der Waals surface area contributed by atoms with Crippen LogP contribution in [0.15, 0.2) is 48.6 Å². The molecule has 0 aromatic rings. The highest BCUT2D eigenvalue weighted by Crippen LogP contribution is 2.52. The molecule has 8 aliphatic carbocycles. The van der Waals surface area contributed by atoms with Crippen LogP contribution in [-0.2, 0) is 28.6 Å². The third-order valence-corrected chi connectivity index (χ3v) is 16.0. The monoisotopic (exact) mass is 921 g/mol. The van der Waals surface area contributed by atoms with E-state index in [0.717, 1.165) is 38.5 Å². The zero-order chi connectivity index (χ0) is 48.5. The van der Waals surface area contributed by atoms with Gasteiger partial charge >= 0.3 is 24.1 Å². The highest BCUT2D eigenvalue weighted by atomic mass is 19.4. The molecule has 8 aliphatic rings. The summed E-state index contributed by atoms with van der Waals surface area (Å²) >= 11 is 0. The first kappa shape index (κ1) is 53.0. The molecule has 4 N–H and O–H groups in total. The van der Waals surface area contributed by atoms with Crippen molar-refractivity contribution >= 4 is 17.9 Å². The third-order valence-electron chi connectivity index (χ3n) is 16.0. The smallest absolute Gasteiger partial charge is 0.416 e. The Morgan fingerprint density at radius 2 is 0.938 bits per heavy atom. The van der Waals surface area contributed by atoms with E-state index < -0.39 is 59.0 Å². The first-order valence-corrected chi connectivity index (χ1v) is 24.1. The number of fused-ring (bicyclic) bond motifs is 8. The zero-order valence-electron chi connectivity index (χ0n) is 40.5. The number of allylic oxidation sites excluding steroid dienone is 8. The summed E-state index contributed by atoms with van der Waals surface area (Å²) in [5, 5.41) is 36.5. The summed E-state index contributed by atoms with van der Waals surface area (Å²) in [5.41, 5.74) is -4.48. The van der Waals surface area contributed by atoms with E-state index in [2.05, 4.69) is 48.6 Å². The average molecular weight is 921 g/mol. The quantitative estimate of drug-likeness (QED) is 0.0920. The zero-order valence-corrected chi connectivity index (χ0v) is 40.5. The third kappa shape index (κ3) is 13.8. The van der Waals surface area contributed by atoms with E-state index in [4.69, 9.17) is 24.4 Å². The second-order valence-corrected chi connectivity index (χ2v) is 23.0. The SMILES string of the molecule is CC(C)(O)C1CC2C=CC1C2.CC(C)(OC(=O)CCC(=O)O)C1CC2C=CC1C2.CC(C)(OCC(=O)O)C1CC2C=CC1C2.CC(CC(C)(O)C(F)(F)F)OC(C)(C)C1CC2C=CC1C2. The van der Waals surface area contributed by atoms with Gasteiger partial charge in [0, 0.05) is 12.3 Å². The van der Waals surface area contributed by atoms with Gasteiger partial charge in [0.1, 0.15) is 12.2 Å². The van der Waals surface area contributed by atoms with Gasteiger partial charge in [0.05, 0.1) is 35.7 Å². The molecule has 0 spiro atoms. The first-order valence-electron chi connectivity index (χ1n) is 24.1. The molecule has 14 unspecified atom stereocenters. The van der Waals surface area contributed by atoms with E-state index in [0.29, 0.717) is 65.1 Å². The Balaban J connectivity index is 0.000000166. The number of esters is 1. The van der Waals surface area contributed by atoms with Gasteiger partial charge in [-0.3, -0.25) is 9.59 Å². The van der Waals surface area contributed by atoms with Crippen LogP contribution in [0, 0.1) is 71.0 Å². The van der Waals surface area contributed by atoms with Crippen molar-refractivity contribution in [2.45, 2.75) is 180 Å². The number of aliphatic hydroxyl groups is 2. The summed E-state index contributed by atoms with van der Waals surface area (Å²) in [4.78, 5) is 32.5. The van der Waals surface area contributed by atoms with Crippen molar-refractivity contribution in [3.63, 3.8) is 0 Å². The Morgan fingerprint density at radius 3 is 1.25 bits per heavy atom. The molecule has 0 heterocycles. The number of carboxylic acids is 2. The second kappa shape index (κ2) is 20.3. The normalized spacial score (nSPS) is 33.8. The number of ether oxygens (including phenoxy) is 3. The maximum atomic E-state index is 12.7. The summed E-state index contributed by atoms with van der Waals surface area (Å²) in [6.45, 7) is 17.9. The largest absolute Gasteiger partial charge is 0.481 e. The summed E-state index contributed by atoms with van der Waals surface area (Å²) in [5.74, 6) is 4.38. The molecular weight excluding hydrogens is 842 g/mol. The van der Waals surface area contributed by atoms with Crippen molar-refractivity contribution in [2.75, 3.05) is 6.61 Å². The van der Waals surface area contributed by atoms with Crippen LogP contribution in [0.4, 0.5) is 13.2 Å². The van der Waals surface area contributed by atoms with Crippen molar-refractivity contribution in [2.24, 2.45) is 71.0 Å². The predicted molar refractivity (Wildman–Crippen MR) is 242 cm³/mol. The Bertz CT molecular complexity index is 1790. The summed E-state index contributed by atoms with van der Waals surface area (Å²) in [6, 6.07) is 0. The molecule has 0 saturated heterocycles. The molecule has 0 aromatic heterocycles. The fraction of sp³-hybridized carbons (Fsp3) is 0.788. The molecule has 14 atom stereocenters. The van der Waals surface area contributed by atoms with Crippen LogP contribution in [-0.4, -0.2) is 85.2 Å². The van der Waals surface area contributed by atoms with Crippen molar-refractivity contribution in [1.29, 1.82) is 0 Å². The number of hydrogen-bond acceptors (Lipinski definition) is 8. The standard InChI is InChI=1S/C16H25F3O2.C14H20O4.C12H18O3.C10H16O/c1-10(9-15(4,20)16(17,18)19)21-14(2,3)13-8-11-5-6-12(13)7-11;1-14(2,18-13(17)6-5-12(15)16)11-8-9-3-4-10(11)7-9;1-12(2,15-7-11(13)14)10-6-8-3-4-9(10)5-8;1-10(2,11)9-6-7-3-4-8(9)5-7/h5-6,10-13,20H,7-9H2,1-4H3;3-4,9-11H,5-8H2,1-2H3,(H,15,16);3-4,8-10H,5-7H2,1-2H3,(H,13,14);3-4,7-9,11H,5-6H2,1-2H3. The van der Waals surface area contributed by atoms with Crippen molar-refractivity contribution in [3.05, 3.63) is 48.6 Å². The minimum absolute atomic E-state index is 0.0462. The topological polar surface area (TPSA) is 160 Å². The first-order chi connectivity index (χ1) is 29.9. The van der Waals surface area contributed by atoms with Crippen molar-refractivity contribution < 1.29 is 62.2 Å². The molecule has 0 radical (unpaired) electrons. The fourth-order valence-electron chi connectivity index (χ4n) is 12.6. The number of alkyl halides is 3. The Hall–Kier alpha value is -3.00. The maximum absolute atomic E-state index is 12.7. The summed E-state index contributed by atoms with van der Waals surface area (Å²) < 4.78 is 55.1. The van der Waals surface area contributed by atoms with Crippen molar-refractivity contribution in [1.82, 2.24) is 0 Å². The predicted octanol–water partition coefficient (Wildman–Crippen LogP) is 10.5. The minimum atomic E-state index is -4.63. The van der Waals surface area contributed by atoms with E-state index in [1.54, 1.807) is 6.92 Å². The molecule has 4 saturated carbocycles. The van der Waals surface area contributed by atoms with E-state index in [-0.39, 0.29) is 25.0 Å². The van der Waals surface area contributed by atoms with E-state index >= 15 is 0 Å². The highest BCUT2D eigenvalue weighted by molar-refractivity contribution is 5.76. The van der Waals surface area contributed by atoms with Gasteiger partial charge in [-0.1, -0.05) is 48.6 Å². The maximum Gasteiger partial charge on any atom is 0.416 e. The van der Waals surface area contributed by atoms with Gasteiger partial charge in [0.25, 0.3) is 0 Å². The molecule has 0 aromatic carbocycles. The van der Waals surface area contributed by atoms with Gasteiger partial charge in [0.15, 0.2) is 5.60 Å². The van der Waals surface area contributed by atoms with Gasteiger partial charge < -0.3 is 34.6 Å². The number of carbonyl (C=O) groups excluding carboxylic acids is 1. The van der Waals surface area contributed by atoms with E-state index in [1.165, 1.54) is 25.7 Å². The average Bonchev–Trinajstić information content (AvgIpc) is 4.05. The lowest BCUT2D eigenvalue weighted by molar-refractivity contribution is -0.266. The molecule has 10 nitrogen and oxygen atoms in total. The number of aliphatic carboxylic acids is 2. The second-order valence-electron chi connectivity index (χ2n) is 23.0. The van der Waals surface area contributed by atoms with Gasteiger partial charge in [-0.05, 0) is 186 Å². The Labute approximate surface area is 385 Å². The highest BCUT2D eigenvalue weighted by Gasteiger charge is 2.52. The Morgan fingerprint density at radius 1 is 0.554 bits per heavy atom. The summed E-state index contributed by atoms with van der Waals surface area (Å²) in [7, 11) is 0. The van der Waals surface area contributed by atoms with Gasteiger partial charge in [-0.15, -0.1) is 0 Å². The molecule has 8 rings (SSSR count). The number of rotatable bonds is 15. The minimum Gasteiger partial charge on any atom is -0.481 e. The van der Waals surface area contributed by atoms with Crippen LogP contribution in [0.3, 0.4) is 0 Å². The molecule has 4 fully saturated rings. The number of halogens is 3. The van der Waals surface area contributed by atoms with Crippen LogP contribution in [0.5, 0.6) is 0 Å². The van der Waals surface area contributed by atoms with Gasteiger partial charge in [-0.2, -0.15) is 13.2 Å². The van der Waals surface area contributed by atoms with Crippen LogP contribution >= 0.6 is 0 Å². The molecule has 13 heteroatoms. The fourth-order valence-corrected chi connectivity index (χ4v) is 12.6. The van der Waals surface area contributed by atoms with Crippen LogP contribution in [0.1, 0.15) is 140 Å².